The summed E-state index contributed by atoms with van der Waals surface area (Å²) in [6.07, 6.45) is 1.41. The van der Waals surface area contributed by atoms with Gasteiger partial charge in [0.2, 0.25) is 0 Å². The predicted octanol–water partition coefficient (Wildman–Crippen LogP) is 5.35. The summed E-state index contributed by atoms with van der Waals surface area (Å²) < 4.78 is 31.6. The Labute approximate surface area is 198 Å². The largest absolute Gasteiger partial charge is 0.292 e. The molecule has 1 fully saturated rings. The second-order valence-electron chi connectivity index (χ2n) is 9.48. The average Bonchev–Trinajstić information content (AvgIpc) is 3.33. The van der Waals surface area contributed by atoms with E-state index in [1.54, 1.807) is 19.9 Å². The molecule has 0 radical (unpaired) electrons. The van der Waals surface area contributed by atoms with Crippen molar-refractivity contribution in [2.45, 2.75) is 31.5 Å². The molecule has 2 heterocycles. The van der Waals surface area contributed by atoms with E-state index in [0.717, 1.165) is 0 Å². The summed E-state index contributed by atoms with van der Waals surface area (Å²) in [5, 5.41) is 11.1. The van der Waals surface area contributed by atoms with Gasteiger partial charge in [-0.3, -0.25) is 4.90 Å². The first-order valence-corrected chi connectivity index (χ1v) is 11.5. The zero-order valence-corrected chi connectivity index (χ0v) is 19.2. The van der Waals surface area contributed by atoms with E-state index < -0.39 is 17.4 Å². The van der Waals surface area contributed by atoms with Crippen LogP contribution in [0.4, 0.5) is 8.78 Å². The summed E-state index contributed by atoms with van der Waals surface area (Å²) in [6.45, 7) is 4.58. The van der Waals surface area contributed by atoms with E-state index in [4.69, 9.17) is 0 Å². The monoisotopic (exact) mass is 459 g/mol. The molecule has 1 aromatic heterocycles. The molecule has 5 rings (SSSR count). The minimum Gasteiger partial charge on any atom is -0.292 e. The number of nitrogens with zero attached hydrogens (tertiary/aromatic N) is 5. The van der Waals surface area contributed by atoms with Crippen LogP contribution in [0.5, 0.6) is 0 Å². The van der Waals surface area contributed by atoms with Gasteiger partial charge in [0, 0.05) is 19.0 Å². The third-order valence-corrected chi connectivity index (χ3v) is 6.62. The van der Waals surface area contributed by atoms with Gasteiger partial charge in [0.1, 0.15) is 17.8 Å². The first-order chi connectivity index (χ1) is 16.4. The number of tetrazole rings is 1. The minimum atomic E-state index is -1.53. The number of hydrogen-bond donors (Lipinski definition) is 0. The lowest BCUT2D eigenvalue weighted by atomic mass is 9.72. The van der Waals surface area contributed by atoms with E-state index in [0.29, 0.717) is 24.3 Å². The lowest BCUT2D eigenvalue weighted by Gasteiger charge is -2.50. The van der Waals surface area contributed by atoms with Crippen LogP contribution in [0.15, 0.2) is 85.2 Å². The maximum Gasteiger partial charge on any atom is 0.143 e. The number of rotatable bonds is 7. The highest BCUT2D eigenvalue weighted by atomic mass is 19.1. The highest BCUT2D eigenvalue weighted by Crippen LogP contribution is 2.45. The fraction of sp³-hybridized carbons (Fsp3) is 0.296. The lowest BCUT2D eigenvalue weighted by molar-refractivity contribution is 0.00813. The van der Waals surface area contributed by atoms with Crippen LogP contribution in [0.25, 0.3) is 5.69 Å². The van der Waals surface area contributed by atoms with E-state index in [1.807, 2.05) is 36.4 Å². The molecule has 34 heavy (non-hydrogen) atoms. The van der Waals surface area contributed by atoms with Crippen LogP contribution in [0.1, 0.15) is 42.5 Å². The molecule has 0 amide bonds. The van der Waals surface area contributed by atoms with Gasteiger partial charge < -0.3 is 0 Å². The molecule has 7 heteroatoms. The Morgan fingerprint density at radius 3 is 2.03 bits per heavy atom. The molecule has 0 N–H and O–H groups in total. The van der Waals surface area contributed by atoms with Crippen LogP contribution >= 0.6 is 0 Å². The van der Waals surface area contributed by atoms with Gasteiger partial charge in [0.05, 0.1) is 11.7 Å². The number of benzene rings is 3. The van der Waals surface area contributed by atoms with Crippen LogP contribution in [0, 0.1) is 11.7 Å². The van der Waals surface area contributed by atoms with Gasteiger partial charge in [-0.15, -0.1) is 5.10 Å². The molecule has 5 nitrogen and oxygen atoms in total. The van der Waals surface area contributed by atoms with E-state index in [2.05, 4.69) is 44.7 Å². The standard InChI is InChI=1S/C27H27F2N5/c1-27(2,29)25(21-13-23(28)15-24(14-21)34-18-30-31-32-34)22-16-33(17-22)26(19-9-5-3-6-10-19)20-11-7-4-8-12-20/h3-15,18,22,25-26H,16-17H2,1-2H3. The summed E-state index contributed by atoms with van der Waals surface area (Å²) in [6, 6.07) is 25.4. The molecule has 4 aromatic rings. The molecule has 0 saturated carbocycles. The minimum absolute atomic E-state index is 0.0402. The van der Waals surface area contributed by atoms with Crippen LogP contribution in [0.3, 0.4) is 0 Å². The molecule has 1 unspecified atom stereocenters. The van der Waals surface area contributed by atoms with Crippen LogP contribution in [-0.2, 0) is 0 Å². The van der Waals surface area contributed by atoms with Crippen molar-refractivity contribution in [2.24, 2.45) is 5.92 Å². The third kappa shape index (κ3) is 4.48. The van der Waals surface area contributed by atoms with Crippen LogP contribution in [0.2, 0.25) is 0 Å². The maximum absolute atomic E-state index is 15.6. The van der Waals surface area contributed by atoms with Gasteiger partial charge in [-0.05, 0) is 65.1 Å². The number of hydrogen-bond acceptors (Lipinski definition) is 4. The van der Waals surface area contributed by atoms with Crippen molar-refractivity contribution in [3.63, 3.8) is 0 Å². The highest BCUT2D eigenvalue weighted by Gasteiger charge is 2.45. The van der Waals surface area contributed by atoms with Crippen molar-refractivity contribution in [3.8, 4) is 5.69 Å². The molecule has 3 aromatic carbocycles. The SMILES string of the molecule is CC(C)(F)C(c1cc(F)cc(-n2cnnn2)c1)C1CN(C(c2ccccc2)c2ccccc2)C1. The van der Waals surface area contributed by atoms with Crippen LogP contribution < -0.4 is 0 Å². The van der Waals surface area contributed by atoms with Gasteiger partial charge in [-0.2, -0.15) is 0 Å². The highest BCUT2D eigenvalue weighted by molar-refractivity contribution is 5.39. The average molecular weight is 460 g/mol. The van der Waals surface area contributed by atoms with Gasteiger partial charge in [0.15, 0.2) is 0 Å². The van der Waals surface area contributed by atoms with E-state index in [1.165, 1.54) is 34.3 Å². The summed E-state index contributed by atoms with van der Waals surface area (Å²) >= 11 is 0. The molecule has 0 bridgehead atoms. The molecule has 1 aliphatic heterocycles. The van der Waals surface area contributed by atoms with Crippen LogP contribution in [-0.4, -0.2) is 43.9 Å². The molecule has 0 spiro atoms. The Morgan fingerprint density at radius 1 is 0.882 bits per heavy atom. The Morgan fingerprint density at radius 2 is 1.50 bits per heavy atom. The Bertz CT molecular complexity index is 1180. The fourth-order valence-electron chi connectivity index (χ4n) is 5.27. The van der Waals surface area contributed by atoms with Crippen molar-refractivity contribution in [3.05, 3.63) is 108 Å². The number of alkyl halides is 1. The van der Waals surface area contributed by atoms with Gasteiger partial charge in [-0.1, -0.05) is 60.7 Å². The zero-order chi connectivity index (χ0) is 23.7. The second kappa shape index (κ2) is 9.06. The van der Waals surface area contributed by atoms with E-state index in [-0.39, 0.29) is 12.0 Å². The van der Waals surface area contributed by atoms with E-state index in [9.17, 15) is 4.39 Å². The molecule has 1 aliphatic rings. The lowest BCUT2D eigenvalue weighted by Crippen LogP contribution is -2.53. The predicted molar refractivity (Wildman–Crippen MR) is 127 cm³/mol. The van der Waals surface area contributed by atoms with Gasteiger partial charge >= 0.3 is 0 Å². The first kappa shape index (κ1) is 22.3. The van der Waals surface area contributed by atoms with Crippen molar-refractivity contribution < 1.29 is 8.78 Å². The smallest absolute Gasteiger partial charge is 0.143 e. The van der Waals surface area contributed by atoms with E-state index >= 15 is 4.39 Å². The number of aromatic nitrogens is 4. The second-order valence-corrected chi connectivity index (χ2v) is 9.48. The summed E-state index contributed by atoms with van der Waals surface area (Å²) in [5.41, 5.74) is 1.98. The molecule has 174 valence electrons. The Hall–Kier alpha value is -3.45. The van der Waals surface area contributed by atoms with Crippen molar-refractivity contribution in [1.29, 1.82) is 0 Å². The molecule has 1 saturated heterocycles. The quantitative estimate of drug-likeness (QED) is 0.374. The maximum atomic E-state index is 15.6. The van der Waals surface area contributed by atoms with Gasteiger partial charge in [-0.25, -0.2) is 13.5 Å². The topological polar surface area (TPSA) is 46.8 Å². The Kier molecular flexibility index (Phi) is 5.96. The summed E-state index contributed by atoms with van der Waals surface area (Å²) in [4.78, 5) is 2.37. The molecular weight excluding hydrogens is 432 g/mol. The Balaban J connectivity index is 1.44. The number of halogens is 2. The fourth-order valence-corrected chi connectivity index (χ4v) is 5.27. The first-order valence-electron chi connectivity index (χ1n) is 11.5. The molecular formula is C27H27F2N5. The summed E-state index contributed by atoms with van der Waals surface area (Å²) in [5.74, 6) is -0.861. The molecule has 0 aliphatic carbocycles. The number of likely N-dealkylation sites (tertiary alicyclic amines) is 1. The normalized spacial score (nSPS) is 15.9. The zero-order valence-electron chi connectivity index (χ0n) is 19.2. The van der Waals surface area contributed by atoms with Crippen molar-refractivity contribution in [1.82, 2.24) is 25.1 Å². The van der Waals surface area contributed by atoms with Gasteiger partial charge in [0.25, 0.3) is 0 Å². The van der Waals surface area contributed by atoms with Crippen molar-refractivity contribution in [2.75, 3.05) is 13.1 Å². The third-order valence-electron chi connectivity index (χ3n) is 6.62. The molecule has 1 atom stereocenters. The summed E-state index contributed by atoms with van der Waals surface area (Å²) in [7, 11) is 0. The van der Waals surface area contributed by atoms with Crippen molar-refractivity contribution >= 4 is 0 Å².